The predicted molar refractivity (Wildman–Crippen MR) is 70.7 cm³/mol. The molecule has 0 aliphatic rings. The summed E-state index contributed by atoms with van der Waals surface area (Å²) < 4.78 is 0. The molecule has 0 aromatic rings. The van der Waals surface area contributed by atoms with Crippen LogP contribution in [-0.4, -0.2) is 19.0 Å². The Morgan fingerprint density at radius 2 is 1.80 bits per heavy atom. The third-order valence-electron chi connectivity index (χ3n) is 3.42. The van der Waals surface area contributed by atoms with Gasteiger partial charge < -0.3 is 5.32 Å². The molecular weight excluding hydrogens is 206 g/mol. The second-order valence-corrected chi connectivity index (χ2v) is 5.32. The summed E-state index contributed by atoms with van der Waals surface area (Å²) in [7, 11) is 0. The number of halogens is 1. The van der Waals surface area contributed by atoms with Crippen LogP contribution in [0.4, 0.5) is 0 Å². The van der Waals surface area contributed by atoms with Crippen molar-refractivity contribution < 1.29 is 0 Å². The lowest BCUT2D eigenvalue weighted by Gasteiger charge is -2.29. The van der Waals surface area contributed by atoms with E-state index in [1.54, 1.807) is 0 Å². The Bertz CT molecular complexity index is 133. The molecule has 1 nitrogen and oxygen atoms in total. The van der Waals surface area contributed by atoms with Crippen molar-refractivity contribution >= 4 is 11.6 Å². The Morgan fingerprint density at radius 1 is 1.20 bits per heavy atom. The highest BCUT2D eigenvalue weighted by atomic mass is 35.5. The Labute approximate surface area is 101 Å². The van der Waals surface area contributed by atoms with Gasteiger partial charge in [0, 0.05) is 12.4 Å². The first kappa shape index (κ1) is 15.2. The monoisotopic (exact) mass is 233 g/mol. The summed E-state index contributed by atoms with van der Waals surface area (Å²) >= 11 is 6.05. The maximum Gasteiger partial charge on any atom is 0.0291 e. The molecule has 0 fully saturated rings. The zero-order chi connectivity index (χ0) is 11.7. The third kappa shape index (κ3) is 6.42. The molecule has 15 heavy (non-hydrogen) atoms. The third-order valence-corrected chi connectivity index (χ3v) is 3.99. The molecular formula is C13H28ClN. The molecule has 0 atom stereocenters. The maximum absolute atomic E-state index is 6.05. The summed E-state index contributed by atoms with van der Waals surface area (Å²) in [5.74, 6) is 1.60. The summed E-state index contributed by atoms with van der Waals surface area (Å²) in [6.45, 7) is 11.2. The number of alkyl halides is 1. The molecule has 0 amide bonds. The van der Waals surface area contributed by atoms with Crippen molar-refractivity contribution in [3.05, 3.63) is 0 Å². The molecule has 2 heteroatoms. The summed E-state index contributed by atoms with van der Waals surface area (Å²) in [5.41, 5.74) is 0.319. The zero-order valence-electron chi connectivity index (χ0n) is 10.9. The van der Waals surface area contributed by atoms with Crippen LogP contribution < -0.4 is 5.32 Å². The largest absolute Gasteiger partial charge is 0.316 e. The van der Waals surface area contributed by atoms with E-state index >= 15 is 0 Å². The van der Waals surface area contributed by atoms with E-state index in [1.807, 2.05) is 0 Å². The van der Waals surface area contributed by atoms with Crippen molar-refractivity contribution in [1.82, 2.24) is 5.32 Å². The SMILES string of the molecule is CCC(CC)(CCl)CNCCCC(C)C. The molecule has 0 spiro atoms. The Hall–Kier alpha value is 0.250. The average Bonchev–Trinajstić information content (AvgIpc) is 2.24. The van der Waals surface area contributed by atoms with Gasteiger partial charge in [0.15, 0.2) is 0 Å². The number of rotatable bonds is 9. The summed E-state index contributed by atoms with van der Waals surface area (Å²) in [6, 6.07) is 0. The molecule has 0 saturated heterocycles. The summed E-state index contributed by atoms with van der Waals surface area (Å²) in [6.07, 6.45) is 4.94. The van der Waals surface area contributed by atoms with Gasteiger partial charge in [-0.25, -0.2) is 0 Å². The van der Waals surface area contributed by atoms with Gasteiger partial charge in [0.1, 0.15) is 0 Å². The maximum atomic E-state index is 6.05. The number of hydrogen-bond donors (Lipinski definition) is 1. The van der Waals surface area contributed by atoms with Crippen molar-refractivity contribution in [2.75, 3.05) is 19.0 Å². The number of nitrogens with one attached hydrogen (secondary N) is 1. The van der Waals surface area contributed by atoms with E-state index < -0.39 is 0 Å². The first-order chi connectivity index (χ1) is 7.10. The Morgan fingerprint density at radius 3 is 2.20 bits per heavy atom. The van der Waals surface area contributed by atoms with Gasteiger partial charge in [-0.3, -0.25) is 0 Å². The molecule has 1 N–H and O–H groups in total. The van der Waals surface area contributed by atoms with Crippen molar-refractivity contribution in [1.29, 1.82) is 0 Å². The van der Waals surface area contributed by atoms with E-state index in [4.69, 9.17) is 11.6 Å². The van der Waals surface area contributed by atoms with Gasteiger partial charge in [0.25, 0.3) is 0 Å². The van der Waals surface area contributed by atoms with Crippen molar-refractivity contribution in [2.24, 2.45) is 11.3 Å². The lowest BCUT2D eigenvalue weighted by atomic mass is 9.84. The van der Waals surface area contributed by atoms with Gasteiger partial charge in [-0.05, 0) is 43.6 Å². The van der Waals surface area contributed by atoms with Crippen LogP contribution in [0.3, 0.4) is 0 Å². The van der Waals surface area contributed by atoms with E-state index in [2.05, 4.69) is 33.0 Å². The molecule has 0 unspecified atom stereocenters. The first-order valence-electron chi connectivity index (χ1n) is 6.37. The van der Waals surface area contributed by atoms with Crippen LogP contribution in [0.2, 0.25) is 0 Å². The summed E-state index contributed by atoms with van der Waals surface area (Å²) in [5, 5.41) is 3.55. The highest BCUT2D eigenvalue weighted by Crippen LogP contribution is 2.26. The molecule has 0 saturated carbocycles. The molecule has 0 aromatic heterocycles. The Balaban J connectivity index is 3.63. The van der Waals surface area contributed by atoms with Crippen molar-refractivity contribution in [2.45, 2.75) is 53.4 Å². The van der Waals surface area contributed by atoms with Gasteiger partial charge in [0.2, 0.25) is 0 Å². The van der Waals surface area contributed by atoms with E-state index in [9.17, 15) is 0 Å². The standard InChI is InChI=1S/C13H28ClN/c1-5-13(6-2,10-14)11-15-9-7-8-12(3)4/h12,15H,5-11H2,1-4H3. The minimum atomic E-state index is 0.319. The quantitative estimate of drug-likeness (QED) is 0.468. The molecule has 0 aliphatic carbocycles. The van der Waals surface area contributed by atoms with Gasteiger partial charge in [-0.2, -0.15) is 0 Å². The molecule has 0 rings (SSSR count). The summed E-state index contributed by atoms with van der Waals surface area (Å²) in [4.78, 5) is 0. The van der Waals surface area contributed by atoms with Crippen molar-refractivity contribution in [3.8, 4) is 0 Å². The van der Waals surface area contributed by atoms with Crippen LogP contribution in [-0.2, 0) is 0 Å². The Kier molecular flexibility index (Phi) is 8.55. The first-order valence-corrected chi connectivity index (χ1v) is 6.90. The minimum absolute atomic E-state index is 0.319. The van der Waals surface area contributed by atoms with Gasteiger partial charge in [-0.15, -0.1) is 11.6 Å². The van der Waals surface area contributed by atoms with Crippen LogP contribution in [0.1, 0.15) is 53.4 Å². The predicted octanol–water partition coefficient (Wildman–Crippen LogP) is 4.06. The van der Waals surface area contributed by atoms with Gasteiger partial charge in [0.05, 0.1) is 0 Å². The molecule has 0 bridgehead atoms. The van der Waals surface area contributed by atoms with Crippen LogP contribution >= 0.6 is 11.6 Å². The fourth-order valence-electron chi connectivity index (χ4n) is 1.73. The molecule has 0 heterocycles. The fourth-order valence-corrected chi connectivity index (χ4v) is 2.20. The van der Waals surface area contributed by atoms with E-state index in [1.165, 1.54) is 25.7 Å². The zero-order valence-corrected chi connectivity index (χ0v) is 11.7. The lowest BCUT2D eigenvalue weighted by Crippen LogP contribution is -2.35. The molecule has 0 aromatic carbocycles. The second kappa shape index (κ2) is 8.41. The highest BCUT2D eigenvalue weighted by Gasteiger charge is 2.24. The molecule has 0 aliphatic heterocycles. The van der Waals surface area contributed by atoms with Gasteiger partial charge >= 0.3 is 0 Å². The van der Waals surface area contributed by atoms with Crippen LogP contribution in [0, 0.1) is 11.3 Å². The highest BCUT2D eigenvalue weighted by molar-refractivity contribution is 6.18. The molecule has 92 valence electrons. The average molecular weight is 234 g/mol. The second-order valence-electron chi connectivity index (χ2n) is 5.05. The van der Waals surface area contributed by atoms with Crippen LogP contribution in [0.5, 0.6) is 0 Å². The van der Waals surface area contributed by atoms with Gasteiger partial charge in [-0.1, -0.05) is 27.7 Å². The topological polar surface area (TPSA) is 12.0 Å². The number of hydrogen-bond acceptors (Lipinski definition) is 1. The van der Waals surface area contributed by atoms with E-state index in [0.29, 0.717) is 5.41 Å². The minimum Gasteiger partial charge on any atom is -0.316 e. The van der Waals surface area contributed by atoms with E-state index in [0.717, 1.165) is 24.9 Å². The van der Waals surface area contributed by atoms with E-state index in [-0.39, 0.29) is 0 Å². The normalized spacial score (nSPS) is 12.4. The molecule has 0 radical (unpaired) electrons. The van der Waals surface area contributed by atoms with Crippen molar-refractivity contribution in [3.63, 3.8) is 0 Å². The fraction of sp³-hybridized carbons (Fsp3) is 1.00. The van der Waals surface area contributed by atoms with Crippen LogP contribution in [0.25, 0.3) is 0 Å². The van der Waals surface area contributed by atoms with Crippen LogP contribution in [0.15, 0.2) is 0 Å². The smallest absolute Gasteiger partial charge is 0.0291 e. The lowest BCUT2D eigenvalue weighted by molar-refractivity contribution is 0.285.